The number of aromatic nitrogens is 1. The number of carbonyl (C=O) groups is 1. The molecule has 2 aromatic carbocycles. The summed E-state index contributed by atoms with van der Waals surface area (Å²) in [6.07, 6.45) is 37.6. The standard InChI is InChI=1S/C51H67N3O4S/c1-2-3-4-5-6-7-8-9-10-11-12-13-14-15-16-17-18-19-20-21-22-23-29-51(56)58-43-54-48-42-45(32-30-44(48)31-33-50(54)55)57-40-25-24-35-52-36-38-53(39-37-52)47-27-26-28-49-46(47)34-41-59-49/h6-7,9-10,12-13,15-16,18-19,26-28,30-34,41-42H,2-5,8,11,14,17,20-25,29,35-40,43H2,1H3. The van der Waals surface area contributed by atoms with E-state index in [-0.39, 0.29) is 18.3 Å². The molecule has 1 fully saturated rings. The fourth-order valence-electron chi connectivity index (χ4n) is 7.33. The number of fused-ring (bicyclic) bond motifs is 2. The molecule has 5 rings (SSSR count). The van der Waals surface area contributed by atoms with Crippen LogP contribution in [-0.2, 0) is 16.3 Å². The molecule has 1 saturated heterocycles. The predicted octanol–water partition coefficient (Wildman–Crippen LogP) is 12.6. The highest BCUT2D eigenvalue weighted by atomic mass is 32.1. The van der Waals surface area contributed by atoms with Gasteiger partial charge in [0.05, 0.1) is 12.1 Å². The molecule has 0 N–H and O–H groups in total. The van der Waals surface area contributed by atoms with E-state index in [9.17, 15) is 9.59 Å². The number of carbonyl (C=O) groups excluding carboxylic acids is 1. The lowest BCUT2D eigenvalue weighted by Crippen LogP contribution is -2.46. The Bertz CT molecular complexity index is 2030. The van der Waals surface area contributed by atoms with E-state index in [1.807, 2.05) is 18.2 Å². The monoisotopic (exact) mass is 817 g/mol. The molecule has 0 saturated carbocycles. The van der Waals surface area contributed by atoms with Crippen molar-refractivity contribution < 1.29 is 14.3 Å². The topological polar surface area (TPSA) is 64.0 Å². The fourth-order valence-corrected chi connectivity index (χ4v) is 8.14. The molecular formula is C51H67N3O4S. The van der Waals surface area contributed by atoms with Crippen molar-refractivity contribution in [1.82, 2.24) is 9.47 Å². The second-order valence-electron chi connectivity index (χ2n) is 15.4. The Labute approximate surface area is 357 Å². The number of rotatable bonds is 27. The summed E-state index contributed by atoms with van der Waals surface area (Å²) in [6, 6.07) is 18.0. The molecule has 7 nitrogen and oxygen atoms in total. The molecule has 2 aromatic heterocycles. The number of ether oxygens (including phenoxy) is 2. The Morgan fingerprint density at radius 3 is 2.10 bits per heavy atom. The Balaban J connectivity index is 0.894. The number of thiophene rings is 1. The first-order valence-corrected chi connectivity index (χ1v) is 23.1. The van der Waals surface area contributed by atoms with E-state index < -0.39 is 0 Å². The van der Waals surface area contributed by atoms with Crippen molar-refractivity contribution in [2.75, 3.05) is 44.2 Å². The SMILES string of the molecule is CCCCCC=CCC=CCC=CCC=CCC=CCCCCCC(=O)OCn1c(=O)ccc2ccc(OCCCCN3CCN(c4cccc5sccc45)CC3)cc21. The molecule has 0 amide bonds. The van der Waals surface area contributed by atoms with Crippen LogP contribution in [0.3, 0.4) is 0 Å². The second kappa shape index (κ2) is 27.2. The smallest absolute Gasteiger partial charge is 0.307 e. The number of hydrogen-bond acceptors (Lipinski definition) is 7. The molecule has 0 radical (unpaired) electrons. The van der Waals surface area contributed by atoms with Crippen molar-refractivity contribution in [2.24, 2.45) is 0 Å². The van der Waals surface area contributed by atoms with Crippen molar-refractivity contribution >= 4 is 44.0 Å². The molecule has 3 heterocycles. The van der Waals surface area contributed by atoms with Crippen LogP contribution < -0.4 is 15.2 Å². The fraction of sp³-hybridized carbons (Fsp3) is 0.451. The minimum absolute atomic E-state index is 0.103. The maximum Gasteiger partial charge on any atom is 0.307 e. The number of piperazine rings is 1. The summed E-state index contributed by atoms with van der Waals surface area (Å²) in [5.41, 5.74) is 1.86. The minimum atomic E-state index is -0.279. The Hall–Kier alpha value is -4.66. The van der Waals surface area contributed by atoms with Crippen molar-refractivity contribution in [2.45, 2.75) is 110 Å². The molecule has 4 aromatic rings. The molecular weight excluding hydrogens is 751 g/mol. The number of benzene rings is 2. The number of unbranched alkanes of at least 4 members (excludes halogenated alkanes) is 7. The maximum atomic E-state index is 12.8. The third-order valence-electron chi connectivity index (χ3n) is 10.8. The lowest BCUT2D eigenvalue weighted by atomic mass is 10.1. The van der Waals surface area contributed by atoms with Crippen molar-refractivity contribution in [1.29, 1.82) is 0 Å². The van der Waals surface area contributed by atoms with Gasteiger partial charge in [-0.05, 0) is 124 Å². The third kappa shape index (κ3) is 16.5. The molecule has 0 bridgehead atoms. The largest absolute Gasteiger partial charge is 0.494 e. The van der Waals surface area contributed by atoms with E-state index >= 15 is 0 Å². The van der Waals surface area contributed by atoms with Gasteiger partial charge in [-0.15, -0.1) is 11.3 Å². The van der Waals surface area contributed by atoms with Crippen LogP contribution in [0.15, 0.2) is 126 Å². The van der Waals surface area contributed by atoms with E-state index in [1.54, 1.807) is 17.4 Å². The molecule has 0 unspecified atom stereocenters. The molecule has 1 aliphatic rings. The Morgan fingerprint density at radius 2 is 1.39 bits per heavy atom. The second-order valence-corrected chi connectivity index (χ2v) is 16.3. The predicted molar refractivity (Wildman–Crippen MR) is 251 cm³/mol. The van der Waals surface area contributed by atoms with Crippen molar-refractivity contribution in [3.8, 4) is 5.75 Å². The van der Waals surface area contributed by atoms with E-state index in [1.165, 1.54) is 52.1 Å². The highest BCUT2D eigenvalue weighted by molar-refractivity contribution is 7.17. The van der Waals surface area contributed by atoms with Gasteiger partial charge < -0.3 is 14.4 Å². The van der Waals surface area contributed by atoms with Crippen LogP contribution >= 0.6 is 11.3 Å². The number of anilines is 1. The van der Waals surface area contributed by atoms with Gasteiger partial charge in [0.2, 0.25) is 0 Å². The molecule has 316 valence electrons. The number of esters is 1. The van der Waals surface area contributed by atoms with Gasteiger partial charge in [-0.3, -0.25) is 19.1 Å². The normalized spacial score (nSPS) is 14.2. The molecule has 59 heavy (non-hydrogen) atoms. The van der Waals surface area contributed by atoms with Gasteiger partial charge in [0.15, 0.2) is 6.73 Å². The number of pyridine rings is 1. The summed E-state index contributed by atoms with van der Waals surface area (Å²) in [6.45, 7) is 8.05. The van der Waals surface area contributed by atoms with Gasteiger partial charge in [0.1, 0.15) is 5.75 Å². The zero-order valence-corrected chi connectivity index (χ0v) is 36.3. The van der Waals surface area contributed by atoms with Gasteiger partial charge >= 0.3 is 5.97 Å². The molecule has 8 heteroatoms. The summed E-state index contributed by atoms with van der Waals surface area (Å²) in [5.74, 6) is 0.436. The number of allylic oxidation sites excluding steroid dienone is 10. The first-order valence-electron chi connectivity index (χ1n) is 22.2. The van der Waals surface area contributed by atoms with Gasteiger partial charge in [0, 0.05) is 60.5 Å². The summed E-state index contributed by atoms with van der Waals surface area (Å²) in [4.78, 5) is 30.5. The lowest BCUT2D eigenvalue weighted by molar-refractivity contribution is -0.147. The van der Waals surface area contributed by atoms with Gasteiger partial charge in [0.25, 0.3) is 5.56 Å². The van der Waals surface area contributed by atoms with Gasteiger partial charge in [-0.1, -0.05) is 93.0 Å². The first kappa shape index (κ1) is 45.4. The average molecular weight is 818 g/mol. The van der Waals surface area contributed by atoms with E-state index in [4.69, 9.17) is 9.47 Å². The van der Waals surface area contributed by atoms with Crippen LogP contribution in [0.4, 0.5) is 5.69 Å². The maximum absolute atomic E-state index is 12.8. The summed E-state index contributed by atoms with van der Waals surface area (Å²) in [7, 11) is 0. The van der Waals surface area contributed by atoms with E-state index in [2.05, 4.69) is 107 Å². The zero-order valence-electron chi connectivity index (χ0n) is 35.5. The molecule has 0 atom stereocenters. The lowest BCUT2D eigenvalue weighted by Gasteiger charge is -2.36. The molecule has 0 aliphatic carbocycles. The minimum Gasteiger partial charge on any atom is -0.494 e. The average Bonchev–Trinajstić information content (AvgIpc) is 3.75. The highest BCUT2D eigenvalue weighted by Gasteiger charge is 2.18. The molecule has 0 spiro atoms. The Morgan fingerprint density at radius 1 is 0.712 bits per heavy atom. The van der Waals surface area contributed by atoms with Crippen molar-refractivity contribution in [3.63, 3.8) is 0 Å². The number of hydrogen-bond donors (Lipinski definition) is 0. The van der Waals surface area contributed by atoms with Crippen LogP contribution in [0.1, 0.15) is 103 Å². The van der Waals surface area contributed by atoms with E-state index in [0.717, 1.165) is 102 Å². The quantitative estimate of drug-likeness (QED) is 0.0339. The first-order chi connectivity index (χ1) is 29.1. The van der Waals surface area contributed by atoms with Crippen LogP contribution in [-0.4, -0.2) is 54.8 Å². The van der Waals surface area contributed by atoms with Gasteiger partial charge in [-0.2, -0.15) is 0 Å². The summed E-state index contributed by atoms with van der Waals surface area (Å²) < 4.78 is 14.6. The van der Waals surface area contributed by atoms with Crippen LogP contribution in [0, 0.1) is 0 Å². The molecule has 1 aliphatic heterocycles. The van der Waals surface area contributed by atoms with Crippen LogP contribution in [0.2, 0.25) is 0 Å². The zero-order chi connectivity index (χ0) is 41.2. The summed E-state index contributed by atoms with van der Waals surface area (Å²) in [5, 5.41) is 4.45. The van der Waals surface area contributed by atoms with Crippen LogP contribution in [0.5, 0.6) is 5.75 Å². The summed E-state index contributed by atoms with van der Waals surface area (Å²) >= 11 is 1.81. The number of nitrogens with zero attached hydrogens (tertiary/aromatic N) is 3. The Kier molecular flexibility index (Phi) is 20.9. The highest BCUT2D eigenvalue weighted by Crippen LogP contribution is 2.31. The van der Waals surface area contributed by atoms with Gasteiger partial charge in [-0.25, -0.2) is 0 Å². The third-order valence-corrected chi connectivity index (χ3v) is 11.7. The van der Waals surface area contributed by atoms with E-state index in [0.29, 0.717) is 24.3 Å². The van der Waals surface area contributed by atoms with Crippen LogP contribution in [0.25, 0.3) is 21.0 Å². The van der Waals surface area contributed by atoms with Crippen molar-refractivity contribution in [3.05, 3.63) is 131 Å².